The zero-order valence-corrected chi connectivity index (χ0v) is 14.8. The van der Waals surface area contributed by atoms with Crippen molar-refractivity contribution in [3.8, 4) is 5.75 Å². The highest BCUT2D eigenvalue weighted by Gasteiger charge is 2.26. The topological polar surface area (TPSA) is 21.3 Å². The van der Waals surface area contributed by atoms with Crippen molar-refractivity contribution in [1.82, 2.24) is 5.32 Å². The maximum atomic E-state index is 5.89. The molecule has 2 rings (SSSR count). The Kier molecular flexibility index (Phi) is 6.75. The zero-order valence-electron chi connectivity index (χ0n) is 14.8. The fourth-order valence-electron chi connectivity index (χ4n) is 3.53. The molecule has 1 fully saturated rings. The van der Waals surface area contributed by atoms with Crippen molar-refractivity contribution < 1.29 is 4.74 Å². The molecule has 2 nitrogen and oxygen atoms in total. The molecule has 1 N–H and O–H groups in total. The molecule has 0 bridgehead atoms. The van der Waals surface area contributed by atoms with E-state index in [-0.39, 0.29) is 0 Å². The molecule has 124 valence electrons. The second kappa shape index (κ2) is 8.57. The van der Waals surface area contributed by atoms with E-state index in [1.165, 1.54) is 36.8 Å². The van der Waals surface area contributed by atoms with Crippen LogP contribution in [-0.4, -0.2) is 19.2 Å². The molecule has 0 spiro atoms. The highest BCUT2D eigenvalue weighted by atomic mass is 16.5. The number of rotatable bonds is 7. The fraction of sp³-hybridized carbons (Fsp3) is 0.700. The Morgan fingerprint density at radius 2 is 1.95 bits per heavy atom. The first-order valence-electron chi connectivity index (χ1n) is 9.01. The van der Waals surface area contributed by atoms with E-state index in [4.69, 9.17) is 4.74 Å². The molecule has 22 heavy (non-hydrogen) atoms. The van der Waals surface area contributed by atoms with Crippen LogP contribution in [0.15, 0.2) is 18.2 Å². The number of aryl methyl sites for hydroxylation is 2. The van der Waals surface area contributed by atoms with Crippen LogP contribution in [0.1, 0.15) is 57.1 Å². The van der Waals surface area contributed by atoms with Crippen molar-refractivity contribution in [3.63, 3.8) is 0 Å². The second-order valence-corrected chi connectivity index (χ2v) is 7.15. The maximum Gasteiger partial charge on any atom is 0.122 e. The minimum atomic E-state index is 0.726. The van der Waals surface area contributed by atoms with Crippen molar-refractivity contribution in [2.45, 2.75) is 65.8 Å². The first kappa shape index (κ1) is 17.3. The summed E-state index contributed by atoms with van der Waals surface area (Å²) in [6, 6.07) is 7.12. The molecule has 0 unspecified atom stereocenters. The third-order valence-electron chi connectivity index (χ3n) is 5.27. The minimum absolute atomic E-state index is 0.726. The highest BCUT2D eigenvalue weighted by Crippen LogP contribution is 2.29. The van der Waals surface area contributed by atoms with Crippen LogP contribution in [-0.2, 0) is 0 Å². The molecule has 1 aliphatic rings. The molecule has 1 aromatic rings. The summed E-state index contributed by atoms with van der Waals surface area (Å²) in [6.45, 7) is 11.0. The minimum Gasteiger partial charge on any atom is -0.493 e. The number of ether oxygens (including phenoxy) is 1. The van der Waals surface area contributed by atoms with Crippen molar-refractivity contribution in [1.29, 1.82) is 0 Å². The van der Waals surface area contributed by atoms with Crippen molar-refractivity contribution in [3.05, 3.63) is 29.3 Å². The largest absolute Gasteiger partial charge is 0.493 e. The number of nitrogens with one attached hydrogen (secondary N) is 1. The predicted octanol–water partition coefficient (Wildman–Crippen LogP) is 4.88. The lowest BCUT2D eigenvalue weighted by atomic mass is 9.78. The van der Waals surface area contributed by atoms with Gasteiger partial charge in [-0.3, -0.25) is 0 Å². The number of unbranched alkanes of at least 4 members (excludes halogenated alkanes) is 1. The van der Waals surface area contributed by atoms with E-state index in [1.54, 1.807) is 0 Å². The zero-order chi connectivity index (χ0) is 15.9. The summed E-state index contributed by atoms with van der Waals surface area (Å²) in [4.78, 5) is 0. The summed E-state index contributed by atoms with van der Waals surface area (Å²) in [5.41, 5.74) is 2.54. The molecule has 0 heterocycles. The monoisotopic (exact) mass is 303 g/mol. The lowest BCUT2D eigenvalue weighted by molar-refractivity contribution is 0.205. The summed E-state index contributed by atoms with van der Waals surface area (Å²) in [5.74, 6) is 2.73. The van der Waals surface area contributed by atoms with Gasteiger partial charge in [-0.15, -0.1) is 0 Å². The molecule has 1 aromatic carbocycles. The molecule has 1 aliphatic carbocycles. The summed E-state index contributed by atoms with van der Waals surface area (Å²) in [6.07, 6.45) is 6.46. The Bertz CT molecular complexity index is 457. The van der Waals surface area contributed by atoms with Gasteiger partial charge in [-0.25, -0.2) is 0 Å². The highest BCUT2D eigenvalue weighted by molar-refractivity contribution is 5.35. The third-order valence-corrected chi connectivity index (χ3v) is 5.27. The number of benzene rings is 1. The van der Waals surface area contributed by atoms with E-state index in [0.717, 1.165) is 43.2 Å². The van der Waals surface area contributed by atoms with Crippen LogP contribution < -0.4 is 10.1 Å². The maximum absolute atomic E-state index is 5.89. The Balaban J connectivity index is 1.59. The van der Waals surface area contributed by atoms with Gasteiger partial charge in [0, 0.05) is 6.04 Å². The van der Waals surface area contributed by atoms with Gasteiger partial charge in [0.25, 0.3) is 0 Å². The van der Waals surface area contributed by atoms with Gasteiger partial charge in [0.15, 0.2) is 0 Å². The first-order valence-corrected chi connectivity index (χ1v) is 9.01. The fourth-order valence-corrected chi connectivity index (χ4v) is 3.53. The second-order valence-electron chi connectivity index (χ2n) is 7.15. The Hall–Kier alpha value is -1.02. The summed E-state index contributed by atoms with van der Waals surface area (Å²) in [5, 5.41) is 3.76. The quantitative estimate of drug-likeness (QED) is 0.725. The van der Waals surface area contributed by atoms with Crippen LogP contribution in [0.5, 0.6) is 5.75 Å². The van der Waals surface area contributed by atoms with Crippen LogP contribution >= 0.6 is 0 Å². The van der Waals surface area contributed by atoms with Crippen LogP contribution in [0.2, 0.25) is 0 Å². The van der Waals surface area contributed by atoms with Crippen LogP contribution in [0.25, 0.3) is 0 Å². The smallest absolute Gasteiger partial charge is 0.122 e. The van der Waals surface area contributed by atoms with Gasteiger partial charge in [-0.1, -0.05) is 44.4 Å². The Morgan fingerprint density at radius 3 is 2.73 bits per heavy atom. The first-order chi connectivity index (χ1) is 10.6. The number of hydrogen-bond acceptors (Lipinski definition) is 2. The van der Waals surface area contributed by atoms with Gasteiger partial charge in [0.1, 0.15) is 5.75 Å². The Labute approximate surface area is 136 Å². The van der Waals surface area contributed by atoms with Crippen LogP contribution in [0, 0.1) is 25.7 Å². The lowest BCUT2D eigenvalue weighted by Crippen LogP contribution is -2.41. The normalized spacial score (nSPS) is 25.2. The third kappa shape index (κ3) is 5.01. The van der Waals surface area contributed by atoms with Gasteiger partial charge in [-0.2, -0.15) is 0 Å². The molecule has 0 saturated heterocycles. The lowest BCUT2D eigenvalue weighted by Gasteiger charge is -2.34. The summed E-state index contributed by atoms with van der Waals surface area (Å²) >= 11 is 0. The molecule has 0 radical (unpaired) electrons. The summed E-state index contributed by atoms with van der Waals surface area (Å²) < 4.78 is 5.89. The van der Waals surface area contributed by atoms with Gasteiger partial charge < -0.3 is 10.1 Å². The van der Waals surface area contributed by atoms with Crippen molar-refractivity contribution in [2.75, 3.05) is 13.2 Å². The SMILES string of the molecule is Cc1ccc(OCCCCN[C@H]2CCC[C@H](C)[C@@H]2C)c(C)c1. The molecule has 1 saturated carbocycles. The van der Waals surface area contributed by atoms with Crippen LogP contribution in [0.3, 0.4) is 0 Å². The average Bonchev–Trinajstić information content (AvgIpc) is 2.48. The molecule has 0 aliphatic heterocycles. The average molecular weight is 303 g/mol. The number of hydrogen-bond donors (Lipinski definition) is 1. The molecule has 0 aromatic heterocycles. The van der Waals surface area contributed by atoms with E-state index in [9.17, 15) is 0 Å². The van der Waals surface area contributed by atoms with Gasteiger partial charge >= 0.3 is 0 Å². The van der Waals surface area contributed by atoms with Crippen LogP contribution in [0.4, 0.5) is 0 Å². The molecular weight excluding hydrogens is 270 g/mol. The van der Waals surface area contributed by atoms with Crippen molar-refractivity contribution in [2.24, 2.45) is 11.8 Å². The van der Waals surface area contributed by atoms with Crippen molar-refractivity contribution >= 4 is 0 Å². The van der Waals surface area contributed by atoms with Gasteiger partial charge in [-0.05, 0) is 63.1 Å². The van der Waals surface area contributed by atoms with E-state index in [1.807, 2.05) is 0 Å². The van der Waals surface area contributed by atoms with E-state index in [2.05, 4.69) is 51.2 Å². The Morgan fingerprint density at radius 1 is 1.14 bits per heavy atom. The molecule has 0 amide bonds. The molecule has 3 atom stereocenters. The van der Waals surface area contributed by atoms with E-state index < -0.39 is 0 Å². The predicted molar refractivity (Wildman–Crippen MR) is 94.6 cm³/mol. The molecule has 2 heteroatoms. The molecular formula is C20H33NO. The summed E-state index contributed by atoms with van der Waals surface area (Å²) in [7, 11) is 0. The van der Waals surface area contributed by atoms with Gasteiger partial charge in [0.05, 0.1) is 6.61 Å². The van der Waals surface area contributed by atoms with E-state index in [0.29, 0.717) is 0 Å². The van der Waals surface area contributed by atoms with Gasteiger partial charge in [0.2, 0.25) is 0 Å². The standard InChI is InChI=1S/C20H33NO/c1-15-10-11-20(17(3)14-15)22-13-6-5-12-21-19-9-7-8-16(2)18(19)4/h10-11,14,16,18-19,21H,5-9,12-13H2,1-4H3/t16-,18-,19-/m0/s1. The van der Waals surface area contributed by atoms with E-state index >= 15 is 0 Å².